The van der Waals surface area contributed by atoms with Gasteiger partial charge in [-0.05, 0) is 24.3 Å². The maximum absolute atomic E-state index is 5.59. The molecule has 0 aliphatic rings. The van der Waals surface area contributed by atoms with Gasteiger partial charge >= 0.3 is 0 Å². The summed E-state index contributed by atoms with van der Waals surface area (Å²) >= 11 is 1.33. The van der Waals surface area contributed by atoms with Gasteiger partial charge in [0.1, 0.15) is 4.70 Å². The van der Waals surface area contributed by atoms with E-state index in [2.05, 4.69) is 9.97 Å². The Labute approximate surface area is 89.9 Å². The Bertz CT molecular complexity index is 593. The minimum Gasteiger partial charge on any atom is -0.399 e. The zero-order valence-corrected chi connectivity index (χ0v) is 8.62. The van der Waals surface area contributed by atoms with Crippen LogP contribution >= 0.6 is 11.6 Å². The molecule has 0 spiro atoms. The van der Waals surface area contributed by atoms with Gasteiger partial charge in [-0.2, -0.15) is 0 Å². The summed E-state index contributed by atoms with van der Waals surface area (Å²) in [6.45, 7) is 0. The standard InChI is InChI=1S/C11H8N2OS/c1-2-5-9-8(4-1)13-11-10(15-14-9)6-3-7-12-11/h1-7H,(H,12,13). The second-order valence-corrected chi connectivity index (χ2v) is 3.91. The van der Waals surface area contributed by atoms with Crippen molar-refractivity contribution in [1.82, 2.24) is 9.97 Å². The highest BCUT2D eigenvalue weighted by molar-refractivity contribution is 7.10. The van der Waals surface area contributed by atoms with Crippen LogP contribution in [0, 0.1) is 0 Å². The Kier molecular flexibility index (Phi) is 1.93. The zero-order chi connectivity index (χ0) is 10.1. The van der Waals surface area contributed by atoms with Gasteiger partial charge in [0.25, 0.3) is 0 Å². The maximum atomic E-state index is 5.59. The van der Waals surface area contributed by atoms with Crippen LogP contribution in [-0.4, -0.2) is 9.97 Å². The van der Waals surface area contributed by atoms with Gasteiger partial charge < -0.3 is 8.83 Å². The molecule has 1 aromatic carbocycles. The van der Waals surface area contributed by atoms with Crippen molar-refractivity contribution < 1.29 is 3.85 Å². The number of benzene rings is 1. The van der Waals surface area contributed by atoms with E-state index in [-0.39, 0.29) is 0 Å². The van der Waals surface area contributed by atoms with Crippen LogP contribution in [0.4, 0.5) is 0 Å². The van der Waals surface area contributed by atoms with Crippen molar-refractivity contribution in [2.45, 2.75) is 0 Å². The summed E-state index contributed by atoms with van der Waals surface area (Å²) in [5.41, 5.74) is 2.62. The van der Waals surface area contributed by atoms with Gasteiger partial charge in [-0.15, -0.1) is 0 Å². The third-order valence-corrected chi connectivity index (χ3v) is 2.90. The van der Waals surface area contributed by atoms with Gasteiger partial charge in [-0.3, -0.25) is 0 Å². The molecule has 0 bridgehead atoms. The molecule has 0 atom stereocenters. The van der Waals surface area contributed by atoms with E-state index in [0.29, 0.717) is 0 Å². The molecule has 0 fully saturated rings. The van der Waals surface area contributed by atoms with Crippen molar-refractivity contribution >= 4 is 33.1 Å². The Morgan fingerprint density at radius 2 is 2.07 bits per heavy atom. The van der Waals surface area contributed by atoms with Crippen molar-refractivity contribution in [2.24, 2.45) is 0 Å². The molecule has 2 heterocycles. The molecule has 0 unspecified atom stereocenters. The number of nitrogens with zero attached hydrogens (tertiary/aromatic N) is 1. The first-order valence-corrected chi connectivity index (χ1v) is 5.33. The second-order valence-electron chi connectivity index (χ2n) is 3.14. The number of pyridine rings is 1. The average Bonchev–Trinajstić information content (AvgIpc) is 2.48. The lowest BCUT2D eigenvalue weighted by atomic mass is 10.3. The summed E-state index contributed by atoms with van der Waals surface area (Å²) in [6, 6.07) is 11.7. The minimum atomic E-state index is 0.834. The second kappa shape index (κ2) is 3.40. The molecule has 0 aliphatic carbocycles. The average molecular weight is 216 g/mol. The predicted molar refractivity (Wildman–Crippen MR) is 61.4 cm³/mol. The summed E-state index contributed by atoms with van der Waals surface area (Å²) in [5, 5.41) is 0. The molecular weight excluding hydrogens is 208 g/mol. The van der Waals surface area contributed by atoms with Crippen molar-refractivity contribution in [3.63, 3.8) is 0 Å². The number of H-pyrrole nitrogens is 1. The van der Waals surface area contributed by atoms with Crippen LogP contribution in [0.5, 0.6) is 0 Å². The molecule has 0 amide bonds. The monoisotopic (exact) mass is 216 g/mol. The van der Waals surface area contributed by atoms with E-state index in [4.69, 9.17) is 3.85 Å². The van der Waals surface area contributed by atoms with E-state index in [0.717, 1.165) is 21.4 Å². The van der Waals surface area contributed by atoms with Crippen LogP contribution in [0.15, 0.2) is 46.4 Å². The van der Waals surface area contributed by atoms with Crippen molar-refractivity contribution in [1.29, 1.82) is 0 Å². The number of fused-ring (bicyclic) bond motifs is 2. The third-order valence-electron chi connectivity index (χ3n) is 2.13. The summed E-state index contributed by atoms with van der Waals surface area (Å²) in [4.78, 5) is 7.51. The van der Waals surface area contributed by atoms with Gasteiger partial charge in [0.05, 0.1) is 5.52 Å². The summed E-state index contributed by atoms with van der Waals surface area (Å²) in [5.74, 6) is 0. The number of rotatable bonds is 0. The molecule has 0 aliphatic heterocycles. The van der Waals surface area contributed by atoms with E-state index in [1.807, 2.05) is 36.4 Å². The van der Waals surface area contributed by atoms with E-state index in [1.165, 1.54) is 11.6 Å². The fraction of sp³-hybridized carbons (Fsp3) is 0. The quantitative estimate of drug-likeness (QED) is 0.625. The number of nitrogens with one attached hydrogen (secondary N) is 1. The minimum absolute atomic E-state index is 0.834. The largest absolute Gasteiger partial charge is 0.399 e. The summed E-state index contributed by atoms with van der Waals surface area (Å²) in [7, 11) is 0. The molecule has 0 saturated carbocycles. The molecule has 4 heteroatoms. The van der Waals surface area contributed by atoms with E-state index in [9.17, 15) is 0 Å². The highest BCUT2D eigenvalue weighted by Crippen LogP contribution is 2.18. The van der Waals surface area contributed by atoms with Gasteiger partial charge in [-0.25, -0.2) is 4.98 Å². The Morgan fingerprint density at radius 1 is 1.13 bits per heavy atom. The molecule has 3 aromatic rings. The smallest absolute Gasteiger partial charge is 0.167 e. The highest BCUT2D eigenvalue weighted by atomic mass is 32.1. The molecule has 1 N–H and O–H groups in total. The SMILES string of the molecule is c1ccc2osc3cccnc3[nH]c2c1. The van der Waals surface area contributed by atoms with Crippen LogP contribution in [-0.2, 0) is 0 Å². The lowest BCUT2D eigenvalue weighted by Crippen LogP contribution is -1.77. The normalized spacial score (nSPS) is 10.7. The molecule has 15 heavy (non-hydrogen) atoms. The van der Waals surface area contributed by atoms with Crippen molar-refractivity contribution in [3.8, 4) is 0 Å². The number of aromatic amines is 1. The zero-order valence-electron chi connectivity index (χ0n) is 7.81. The van der Waals surface area contributed by atoms with Crippen molar-refractivity contribution in [3.05, 3.63) is 42.6 Å². The van der Waals surface area contributed by atoms with E-state index >= 15 is 0 Å². The topological polar surface area (TPSA) is 41.8 Å². The van der Waals surface area contributed by atoms with Crippen LogP contribution in [0.25, 0.3) is 21.4 Å². The molecule has 2 aromatic heterocycles. The highest BCUT2D eigenvalue weighted by Gasteiger charge is 1.96. The fourth-order valence-electron chi connectivity index (χ4n) is 1.41. The predicted octanol–water partition coefficient (Wildman–Crippen LogP) is 3.50. The van der Waals surface area contributed by atoms with Crippen molar-refractivity contribution in [2.75, 3.05) is 0 Å². The third kappa shape index (κ3) is 1.49. The van der Waals surface area contributed by atoms with Gasteiger partial charge in [0.15, 0.2) is 11.2 Å². The maximum Gasteiger partial charge on any atom is 0.167 e. The number of para-hydroxylation sites is 2. The van der Waals surface area contributed by atoms with Crippen LogP contribution < -0.4 is 0 Å². The lowest BCUT2D eigenvalue weighted by Gasteiger charge is -1.89. The lowest BCUT2D eigenvalue weighted by molar-refractivity contribution is 0.747. The number of hydrogen-bond acceptors (Lipinski definition) is 3. The van der Waals surface area contributed by atoms with E-state index < -0.39 is 0 Å². The van der Waals surface area contributed by atoms with Gasteiger partial charge in [0, 0.05) is 17.8 Å². The fourth-order valence-corrected chi connectivity index (χ4v) is 2.05. The molecular formula is C11H8N2OS. The van der Waals surface area contributed by atoms with E-state index in [1.54, 1.807) is 6.20 Å². The molecule has 74 valence electrons. The molecule has 3 rings (SSSR count). The van der Waals surface area contributed by atoms with Crippen LogP contribution in [0.2, 0.25) is 0 Å². The number of aromatic nitrogens is 2. The van der Waals surface area contributed by atoms with Crippen LogP contribution in [0.1, 0.15) is 0 Å². The first kappa shape index (κ1) is 8.49. The first-order chi connectivity index (χ1) is 7.43. The van der Waals surface area contributed by atoms with Gasteiger partial charge in [-0.1, -0.05) is 12.1 Å². The molecule has 0 radical (unpaired) electrons. The van der Waals surface area contributed by atoms with Gasteiger partial charge in [0.2, 0.25) is 0 Å². The Balaban J connectivity index is 2.54. The summed E-state index contributed by atoms with van der Waals surface area (Å²) < 4.78 is 6.58. The number of hydrogen-bond donors (Lipinski definition) is 1. The molecule has 0 saturated heterocycles. The summed E-state index contributed by atoms with van der Waals surface area (Å²) in [6.07, 6.45) is 1.76. The molecule has 3 nitrogen and oxygen atoms in total. The first-order valence-electron chi connectivity index (χ1n) is 4.59. The van der Waals surface area contributed by atoms with Crippen LogP contribution in [0.3, 0.4) is 0 Å². The Hall–Kier alpha value is -1.81. The Morgan fingerprint density at radius 3 is 3.07 bits per heavy atom.